The van der Waals surface area contributed by atoms with Crippen molar-refractivity contribution in [2.24, 2.45) is 11.6 Å². The molecule has 3 rings (SSSR count). The number of H-pyrrole nitrogens is 1. The van der Waals surface area contributed by atoms with Crippen molar-refractivity contribution < 1.29 is 18.0 Å². The minimum absolute atomic E-state index is 0.00396. The molecule has 0 radical (unpaired) electrons. The Morgan fingerprint density at radius 2 is 2.07 bits per heavy atom. The van der Waals surface area contributed by atoms with E-state index in [1.54, 1.807) is 6.07 Å². The smallest absolute Gasteiger partial charge is 0.399 e. The van der Waals surface area contributed by atoms with E-state index < -0.39 is 22.8 Å². The molecule has 2 aromatic heterocycles. The van der Waals surface area contributed by atoms with Crippen molar-refractivity contribution in [2.75, 3.05) is 18.1 Å². The van der Waals surface area contributed by atoms with Crippen LogP contribution in [0.3, 0.4) is 0 Å². The van der Waals surface area contributed by atoms with Gasteiger partial charge in [0.05, 0.1) is 29.0 Å². The number of nitrogens with two attached hydrogens (primary N) is 2. The third-order valence-corrected chi connectivity index (χ3v) is 4.44. The number of pyridine rings is 1. The summed E-state index contributed by atoms with van der Waals surface area (Å²) in [4.78, 5) is 17.2. The van der Waals surface area contributed by atoms with E-state index in [4.69, 9.17) is 23.2 Å². The number of halogens is 4. The molecule has 0 aromatic carbocycles. The van der Waals surface area contributed by atoms with E-state index in [1.165, 1.54) is 16.1 Å². The SMILES string of the molecule is NC1=C(N(N)c2ccn[nH]2)CCN(C(=O)c2ccnc(C(F)(F)F)c2Cl)C1. The van der Waals surface area contributed by atoms with Crippen LogP contribution in [0.5, 0.6) is 0 Å². The molecular weight excluding hydrogens is 387 g/mol. The molecule has 0 saturated heterocycles. The van der Waals surface area contributed by atoms with Gasteiger partial charge in [0.2, 0.25) is 0 Å². The third kappa shape index (κ3) is 3.69. The first-order valence-electron chi connectivity index (χ1n) is 7.72. The van der Waals surface area contributed by atoms with Crippen molar-refractivity contribution in [2.45, 2.75) is 12.6 Å². The summed E-state index contributed by atoms with van der Waals surface area (Å²) in [7, 11) is 0. The van der Waals surface area contributed by atoms with E-state index in [-0.39, 0.29) is 18.7 Å². The number of anilines is 1. The molecule has 1 aliphatic heterocycles. The number of carbonyl (C=O) groups excluding carboxylic acids is 1. The Labute approximate surface area is 156 Å². The number of hydrogen-bond donors (Lipinski definition) is 3. The van der Waals surface area contributed by atoms with E-state index in [2.05, 4.69) is 15.2 Å². The second-order valence-electron chi connectivity index (χ2n) is 5.78. The highest BCUT2D eigenvalue weighted by Crippen LogP contribution is 2.35. The molecule has 0 aliphatic carbocycles. The normalized spacial score (nSPS) is 15.2. The van der Waals surface area contributed by atoms with Gasteiger partial charge in [-0.05, 0) is 6.07 Å². The van der Waals surface area contributed by atoms with E-state index in [0.717, 1.165) is 12.3 Å². The molecule has 0 spiro atoms. The Bertz CT molecular complexity index is 882. The topological polar surface area (TPSA) is 117 Å². The van der Waals surface area contributed by atoms with E-state index in [9.17, 15) is 18.0 Å². The van der Waals surface area contributed by atoms with Crippen molar-refractivity contribution in [3.8, 4) is 0 Å². The number of aromatic amines is 1. The summed E-state index contributed by atoms with van der Waals surface area (Å²) in [5.74, 6) is 5.84. The Morgan fingerprint density at radius 1 is 1.33 bits per heavy atom. The first-order valence-corrected chi connectivity index (χ1v) is 8.10. The van der Waals surface area contributed by atoms with Crippen molar-refractivity contribution in [1.82, 2.24) is 20.1 Å². The van der Waals surface area contributed by atoms with Gasteiger partial charge in [0, 0.05) is 30.9 Å². The minimum atomic E-state index is -4.76. The lowest BCUT2D eigenvalue weighted by Gasteiger charge is -2.32. The van der Waals surface area contributed by atoms with Crippen molar-refractivity contribution in [3.63, 3.8) is 0 Å². The lowest BCUT2D eigenvalue weighted by molar-refractivity contribution is -0.141. The van der Waals surface area contributed by atoms with Crippen LogP contribution in [0.2, 0.25) is 5.02 Å². The summed E-state index contributed by atoms with van der Waals surface area (Å²) in [6, 6.07) is 2.79. The fraction of sp³-hybridized carbons (Fsp3) is 0.267. The highest BCUT2D eigenvalue weighted by molar-refractivity contribution is 6.34. The molecule has 0 fully saturated rings. The van der Waals surface area contributed by atoms with Crippen LogP contribution in [0.25, 0.3) is 0 Å². The summed E-state index contributed by atoms with van der Waals surface area (Å²) < 4.78 is 38.8. The number of nitrogens with one attached hydrogen (secondary N) is 1. The number of hydrogen-bond acceptors (Lipinski definition) is 6. The highest BCUT2D eigenvalue weighted by atomic mass is 35.5. The minimum Gasteiger partial charge on any atom is -0.399 e. The molecule has 0 unspecified atom stereocenters. The molecule has 2 aromatic rings. The summed E-state index contributed by atoms with van der Waals surface area (Å²) in [5, 5.41) is 7.08. The second kappa shape index (κ2) is 7.08. The Morgan fingerprint density at radius 3 is 2.67 bits per heavy atom. The van der Waals surface area contributed by atoms with Crippen molar-refractivity contribution >= 4 is 23.3 Å². The Balaban J connectivity index is 1.83. The number of alkyl halides is 3. The Kier molecular flexibility index (Phi) is 4.98. The average Bonchev–Trinajstić information content (AvgIpc) is 3.14. The van der Waals surface area contributed by atoms with Crippen LogP contribution < -0.4 is 16.6 Å². The number of carbonyl (C=O) groups is 1. The van der Waals surface area contributed by atoms with Gasteiger partial charge < -0.3 is 10.6 Å². The molecule has 27 heavy (non-hydrogen) atoms. The molecule has 0 atom stereocenters. The van der Waals surface area contributed by atoms with Crippen molar-refractivity contribution in [1.29, 1.82) is 0 Å². The first-order chi connectivity index (χ1) is 12.7. The van der Waals surface area contributed by atoms with Crippen LogP contribution in [0.1, 0.15) is 22.5 Å². The molecule has 1 amide bonds. The van der Waals surface area contributed by atoms with Crippen LogP contribution in [0.15, 0.2) is 35.9 Å². The van der Waals surface area contributed by atoms with Gasteiger partial charge in [0.25, 0.3) is 5.91 Å². The maximum absolute atomic E-state index is 12.9. The van der Waals surface area contributed by atoms with Gasteiger partial charge in [0.15, 0.2) is 5.69 Å². The van der Waals surface area contributed by atoms with Crippen LogP contribution in [-0.4, -0.2) is 39.1 Å². The van der Waals surface area contributed by atoms with E-state index >= 15 is 0 Å². The van der Waals surface area contributed by atoms with Gasteiger partial charge in [-0.2, -0.15) is 18.3 Å². The summed E-state index contributed by atoms with van der Waals surface area (Å²) in [5.41, 5.74) is 5.34. The van der Waals surface area contributed by atoms with Gasteiger partial charge in [-0.25, -0.2) is 5.84 Å². The number of hydrazine groups is 1. The lowest BCUT2D eigenvalue weighted by Crippen LogP contribution is -2.44. The number of nitrogens with zero attached hydrogens (tertiary/aromatic N) is 4. The van der Waals surface area contributed by atoms with Gasteiger partial charge in [-0.15, -0.1) is 0 Å². The van der Waals surface area contributed by atoms with Crippen LogP contribution in [0, 0.1) is 0 Å². The van der Waals surface area contributed by atoms with Gasteiger partial charge >= 0.3 is 6.18 Å². The summed E-state index contributed by atoms with van der Waals surface area (Å²) >= 11 is 5.78. The Hall–Kier alpha value is -2.79. The maximum Gasteiger partial charge on any atom is 0.434 e. The van der Waals surface area contributed by atoms with Crippen molar-refractivity contribution in [3.05, 3.63) is 52.2 Å². The molecule has 1 aliphatic rings. The first kappa shape index (κ1) is 19.0. The molecule has 3 heterocycles. The summed E-state index contributed by atoms with van der Waals surface area (Å²) in [6.07, 6.45) is -2.03. The number of aromatic nitrogens is 3. The molecule has 5 N–H and O–H groups in total. The second-order valence-corrected chi connectivity index (χ2v) is 6.16. The van der Waals surface area contributed by atoms with Gasteiger partial charge in [0.1, 0.15) is 5.82 Å². The highest BCUT2D eigenvalue weighted by Gasteiger charge is 2.37. The van der Waals surface area contributed by atoms with Crippen LogP contribution in [-0.2, 0) is 6.18 Å². The zero-order chi connectivity index (χ0) is 19.8. The molecule has 0 saturated carbocycles. The predicted molar refractivity (Wildman–Crippen MR) is 91.2 cm³/mol. The fourth-order valence-electron chi connectivity index (χ4n) is 2.73. The molecule has 8 nitrogen and oxygen atoms in total. The zero-order valence-corrected chi connectivity index (χ0v) is 14.6. The summed E-state index contributed by atoms with van der Waals surface area (Å²) in [6.45, 7) is 0.201. The lowest BCUT2D eigenvalue weighted by atomic mass is 10.1. The van der Waals surface area contributed by atoms with Gasteiger partial charge in [-0.1, -0.05) is 11.6 Å². The monoisotopic (exact) mass is 401 g/mol. The van der Waals surface area contributed by atoms with Crippen LogP contribution in [0.4, 0.5) is 19.0 Å². The molecule has 12 heteroatoms. The number of rotatable bonds is 3. The average molecular weight is 402 g/mol. The zero-order valence-electron chi connectivity index (χ0n) is 13.8. The maximum atomic E-state index is 12.9. The number of amides is 1. The third-order valence-electron chi connectivity index (χ3n) is 4.06. The standard InChI is InChI=1S/C15H15ClF3N7O/c16-12-8(1-4-22-13(12)15(17,18)19)14(27)25-6-3-10(9(20)7-25)26(21)11-2-5-23-24-11/h1-2,4-5H,3,6-7,20-21H2,(H,23,24). The van der Waals surface area contributed by atoms with E-state index in [0.29, 0.717) is 23.6 Å². The fourth-order valence-corrected chi connectivity index (χ4v) is 3.03. The molecular formula is C15H15ClF3N7O. The quantitative estimate of drug-likeness (QED) is 0.534. The van der Waals surface area contributed by atoms with Gasteiger partial charge in [-0.3, -0.25) is 19.9 Å². The molecule has 144 valence electrons. The van der Waals surface area contributed by atoms with E-state index in [1.807, 2.05) is 0 Å². The molecule has 0 bridgehead atoms. The predicted octanol–water partition coefficient (Wildman–Crippen LogP) is 1.87. The van der Waals surface area contributed by atoms with Crippen LogP contribution >= 0.6 is 11.6 Å². The largest absolute Gasteiger partial charge is 0.434 e.